The first kappa shape index (κ1) is 68.0. The molecule has 10 heterocycles. The number of nitrogens with one attached hydrogen (secondary N) is 2. The summed E-state index contributed by atoms with van der Waals surface area (Å²) in [6, 6.07) is 63.2. The highest BCUT2D eigenvalue weighted by Crippen LogP contribution is 2.61. The molecule has 10 aromatic rings. The monoisotopic (exact) mass is 1420 g/mol. The van der Waals surface area contributed by atoms with Crippen molar-refractivity contribution in [2.24, 2.45) is 0 Å². The number of alkyl halides is 2. The van der Waals surface area contributed by atoms with E-state index in [4.69, 9.17) is 27.6 Å². The van der Waals surface area contributed by atoms with Gasteiger partial charge in [0.05, 0.1) is 37.1 Å². The second-order valence-corrected chi connectivity index (χ2v) is 38.0. The van der Waals surface area contributed by atoms with Gasteiger partial charge in [0.2, 0.25) is 0 Å². The third-order valence-electron chi connectivity index (χ3n) is 20.7. The molecule has 6 aliphatic rings. The van der Waals surface area contributed by atoms with Gasteiger partial charge in [-0.3, -0.25) is 18.7 Å². The zero-order valence-electron chi connectivity index (χ0n) is 56.0. The molecule has 6 aromatic carbocycles. The van der Waals surface area contributed by atoms with Crippen LogP contribution in [0, 0.1) is 0 Å². The van der Waals surface area contributed by atoms with Crippen molar-refractivity contribution in [2.75, 3.05) is 23.7 Å². The van der Waals surface area contributed by atoms with Crippen LogP contribution in [0.2, 0.25) is 25.2 Å². The lowest BCUT2D eigenvalue weighted by Crippen LogP contribution is -2.58. The standard InChI is InChI=1S/2C37H40FN6O4PSi/c2*1-3-29-33(31(38)37(46-29)43-24-41-32-34(39-23-40-35(32)43)42-36(45)25-14-7-4-8-15-25)48-49-44-21-13-20-28(44)30(47-49)22-50(2,26-16-9-5-10-17-26)27-18-11-6-12-19-27/h2*4-12,14-19,23-24,28-31,33,37H,3,13,20-22H2,1-2H3,(H,39,40,42,45)/t28-,29+,30+,31-,33?,37+,49+;28-,29-,30+,31+,33?,37-,49+/m01/s1. The molecule has 6 aliphatic heterocycles. The lowest BCUT2D eigenvalue weighted by Gasteiger charge is -2.32. The number of fused-ring (bicyclic) bond motifs is 4. The molecule has 100 heavy (non-hydrogen) atoms. The Bertz CT molecular complexity index is 4090. The Morgan fingerprint density at radius 1 is 0.490 bits per heavy atom. The van der Waals surface area contributed by atoms with Crippen LogP contribution in [0.3, 0.4) is 0 Å². The molecular weight excluding hydrogens is 1340 g/mol. The summed E-state index contributed by atoms with van der Waals surface area (Å²) in [5.74, 6) is -0.168. The van der Waals surface area contributed by atoms with Gasteiger partial charge in [-0.25, -0.2) is 48.0 Å². The van der Waals surface area contributed by atoms with Crippen molar-refractivity contribution in [3.8, 4) is 0 Å². The van der Waals surface area contributed by atoms with Crippen molar-refractivity contribution in [1.29, 1.82) is 0 Å². The Morgan fingerprint density at radius 2 is 0.830 bits per heavy atom. The van der Waals surface area contributed by atoms with E-state index in [-0.39, 0.29) is 47.7 Å². The third-order valence-corrected chi connectivity index (χ3v) is 33.1. The highest BCUT2D eigenvalue weighted by Gasteiger charge is 2.57. The van der Waals surface area contributed by atoms with Crippen LogP contribution in [0.5, 0.6) is 0 Å². The lowest BCUT2D eigenvalue weighted by atomic mass is 10.1. The van der Waals surface area contributed by atoms with E-state index in [1.54, 1.807) is 57.7 Å². The summed E-state index contributed by atoms with van der Waals surface area (Å²) in [4.78, 5) is 52.0. The van der Waals surface area contributed by atoms with Crippen LogP contribution in [0.1, 0.15) is 85.5 Å². The number of aromatic nitrogens is 8. The van der Waals surface area contributed by atoms with Gasteiger partial charge >= 0.3 is 0 Å². The van der Waals surface area contributed by atoms with Crippen molar-refractivity contribution in [3.63, 3.8) is 0 Å². The number of carbonyl (C=O) groups excluding carboxylic acids is 2. The predicted octanol–water partition coefficient (Wildman–Crippen LogP) is 12.2. The van der Waals surface area contributed by atoms with E-state index in [0.29, 0.717) is 46.3 Å². The summed E-state index contributed by atoms with van der Waals surface area (Å²) >= 11 is 0. The van der Waals surface area contributed by atoms with Crippen molar-refractivity contribution < 1.29 is 45.9 Å². The molecule has 6 fully saturated rings. The zero-order valence-corrected chi connectivity index (χ0v) is 59.8. The van der Waals surface area contributed by atoms with E-state index in [9.17, 15) is 9.59 Å². The maximum absolute atomic E-state index is 16.7. The Kier molecular flexibility index (Phi) is 20.2. The molecule has 2 amide bonds. The molecule has 0 aliphatic carbocycles. The molecule has 0 bridgehead atoms. The molecule has 516 valence electrons. The number of nitrogens with zero attached hydrogens (tertiary/aromatic N) is 10. The number of ether oxygens (including phenoxy) is 2. The van der Waals surface area contributed by atoms with E-state index >= 15 is 8.78 Å². The van der Waals surface area contributed by atoms with Gasteiger partial charge in [0, 0.05) is 36.3 Å². The smallest absolute Gasteiger partial charge is 0.259 e. The van der Waals surface area contributed by atoms with Crippen molar-refractivity contribution >= 4 is 99.7 Å². The molecule has 2 N–H and O–H groups in total. The molecule has 16 rings (SSSR count). The van der Waals surface area contributed by atoms with Gasteiger partial charge in [-0.2, -0.15) is 0 Å². The van der Waals surface area contributed by atoms with Crippen LogP contribution >= 0.6 is 17.1 Å². The predicted molar refractivity (Wildman–Crippen MR) is 388 cm³/mol. The van der Waals surface area contributed by atoms with E-state index in [0.717, 1.165) is 50.9 Å². The Morgan fingerprint density at radius 3 is 1.17 bits per heavy atom. The third kappa shape index (κ3) is 13.3. The summed E-state index contributed by atoms with van der Waals surface area (Å²) in [5, 5.41) is 11.1. The van der Waals surface area contributed by atoms with Gasteiger partial charge in [0.25, 0.3) is 28.9 Å². The molecule has 26 heteroatoms. The molecule has 2 unspecified atom stereocenters. The number of rotatable bonds is 20. The number of hydrogen-bond acceptors (Lipinski definition) is 16. The minimum atomic E-state index is -2.19. The molecular formula is C74H80F2N12O8P2Si2. The lowest BCUT2D eigenvalue weighted by molar-refractivity contribution is -0.0225. The molecule has 0 radical (unpaired) electrons. The Hall–Kier alpha value is -7.81. The normalized spacial score (nSPS) is 26.7. The van der Waals surface area contributed by atoms with Gasteiger partial charge in [0.15, 0.2) is 58.8 Å². The highest BCUT2D eigenvalue weighted by molar-refractivity contribution is 7.45. The topological polar surface area (TPSA) is 207 Å². The Balaban J connectivity index is 0.000000162. The minimum absolute atomic E-state index is 0.0178. The van der Waals surface area contributed by atoms with E-state index in [2.05, 4.69) is 184 Å². The maximum Gasteiger partial charge on any atom is 0.259 e. The zero-order chi connectivity index (χ0) is 68.5. The van der Waals surface area contributed by atoms with Crippen LogP contribution in [-0.4, -0.2) is 150 Å². The van der Waals surface area contributed by atoms with Crippen molar-refractivity contribution in [2.45, 2.75) is 151 Å². The summed E-state index contributed by atoms with van der Waals surface area (Å²) < 4.78 is 80.9. The fourth-order valence-corrected chi connectivity index (χ4v) is 27.3. The number of amides is 2. The molecule has 0 saturated carbocycles. The molecule has 20 nitrogen and oxygen atoms in total. The summed E-state index contributed by atoms with van der Waals surface area (Å²) in [7, 11) is -7.37. The second kappa shape index (κ2) is 29.6. The van der Waals surface area contributed by atoms with Crippen LogP contribution in [0.4, 0.5) is 20.4 Å². The molecule has 0 spiro atoms. The fraction of sp³-hybridized carbons (Fsp3) is 0.351. The van der Waals surface area contributed by atoms with E-state index in [1.165, 1.54) is 46.1 Å². The first-order valence-electron chi connectivity index (χ1n) is 34.6. The van der Waals surface area contributed by atoms with Gasteiger partial charge < -0.3 is 38.2 Å². The largest absolute Gasteiger partial charge is 0.349 e. The SMILES string of the molecule is CC[C@H]1O[C@@H](n2cnc3c(NC(=O)c4ccccc4)ncnc32)[C@@H](F)C1O[P@@]1O[C@H](C[Si](C)(c2ccccc2)c2ccccc2)[C@@H]2CCCN21.CC[C@H]1O[C@@H](n2cnc3c(NC(=O)c4ccccc4)ncnc32)[C@@H](F)C1O[P@]1O[C@@H](C[Si](C)(c2ccccc2)c2ccccc2)[C@H]2CCCN21. The maximum atomic E-state index is 16.7. The van der Waals surface area contributed by atoms with Crippen LogP contribution in [0.25, 0.3) is 22.3 Å². The molecule has 6 saturated heterocycles. The highest BCUT2D eigenvalue weighted by atomic mass is 31.2. The van der Waals surface area contributed by atoms with Crippen LogP contribution < -0.4 is 31.4 Å². The number of anilines is 2. The Labute approximate surface area is 584 Å². The van der Waals surface area contributed by atoms with Gasteiger partial charge in [-0.1, -0.05) is 205 Å². The summed E-state index contributed by atoms with van der Waals surface area (Å²) in [6.45, 7) is 10.5. The van der Waals surface area contributed by atoms with E-state index in [1.807, 2.05) is 26.0 Å². The van der Waals surface area contributed by atoms with Crippen LogP contribution in [-0.2, 0) is 27.6 Å². The van der Waals surface area contributed by atoms with Gasteiger partial charge in [0.1, 0.15) is 41.0 Å². The number of hydrogen-bond donors (Lipinski definition) is 2. The van der Waals surface area contributed by atoms with Crippen LogP contribution in [0.15, 0.2) is 207 Å². The molecule has 14 atom stereocenters. The minimum Gasteiger partial charge on any atom is -0.349 e. The van der Waals surface area contributed by atoms with Gasteiger partial charge in [-0.15, -0.1) is 0 Å². The molecule has 4 aromatic heterocycles. The summed E-state index contributed by atoms with van der Waals surface area (Å²) in [6.07, 6.45) is 3.22. The van der Waals surface area contributed by atoms with E-state index < -0.39 is 82.4 Å². The number of halogens is 2. The average Bonchev–Trinajstić information content (AvgIpc) is 1.58. The average molecular weight is 1420 g/mol. The number of benzene rings is 6. The van der Waals surface area contributed by atoms with Crippen molar-refractivity contribution in [1.82, 2.24) is 48.4 Å². The number of imidazole rings is 2. The first-order chi connectivity index (χ1) is 48.9. The second-order valence-electron chi connectivity index (χ2n) is 26.8. The van der Waals surface area contributed by atoms with Gasteiger partial charge in [-0.05, 0) is 74.9 Å². The number of carbonyl (C=O) groups is 2. The summed E-state index contributed by atoms with van der Waals surface area (Å²) in [5.41, 5.74) is 2.39. The fourth-order valence-electron chi connectivity index (χ4n) is 15.3. The van der Waals surface area contributed by atoms with Crippen molar-refractivity contribution in [3.05, 3.63) is 218 Å². The quantitative estimate of drug-likeness (QED) is 0.0537. The first-order valence-corrected chi connectivity index (χ1v) is 42.3.